The maximum Gasteiger partial charge on any atom is 0.247 e. The van der Waals surface area contributed by atoms with Gasteiger partial charge in [0.2, 0.25) is 5.91 Å². The number of pyridine rings is 1. The first-order valence-electron chi connectivity index (χ1n) is 9.81. The van der Waals surface area contributed by atoms with Gasteiger partial charge in [-0.3, -0.25) is 9.78 Å². The number of aromatic nitrogens is 1. The molecular weight excluding hydrogens is 348 g/mol. The summed E-state index contributed by atoms with van der Waals surface area (Å²) in [5.41, 5.74) is 3.04. The molecule has 0 aliphatic carbocycles. The standard InChI is InChI=1S/C24H24N2O2/c1-2-28-21-13-10-18(11-14-21)22-9-5-17-26(22)23(27)15-12-20-7-3-6-19-8-4-16-25-24(19)20/h3-4,6-8,10-16,22H,2,5,9,17H2,1H3/b15-12+. The Balaban J connectivity index is 1.52. The van der Waals surface area contributed by atoms with Crippen molar-refractivity contribution in [3.05, 3.63) is 78.0 Å². The van der Waals surface area contributed by atoms with E-state index in [1.165, 1.54) is 0 Å². The molecule has 2 aromatic carbocycles. The third kappa shape index (κ3) is 3.77. The highest BCUT2D eigenvalue weighted by Gasteiger charge is 2.28. The third-order valence-electron chi connectivity index (χ3n) is 5.18. The monoisotopic (exact) mass is 372 g/mol. The first-order chi connectivity index (χ1) is 13.8. The van der Waals surface area contributed by atoms with Crippen LogP contribution >= 0.6 is 0 Å². The fraction of sp³-hybridized carbons (Fsp3) is 0.250. The first-order valence-corrected chi connectivity index (χ1v) is 9.81. The maximum absolute atomic E-state index is 12.9. The predicted molar refractivity (Wildman–Crippen MR) is 112 cm³/mol. The number of amides is 1. The second kappa shape index (κ2) is 8.26. The van der Waals surface area contributed by atoms with Gasteiger partial charge in [-0.25, -0.2) is 0 Å². The molecule has 142 valence electrons. The molecule has 1 aliphatic heterocycles. The minimum absolute atomic E-state index is 0.0457. The summed E-state index contributed by atoms with van der Waals surface area (Å²) >= 11 is 0. The Bertz CT molecular complexity index is 990. The third-order valence-corrected chi connectivity index (χ3v) is 5.18. The SMILES string of the molecule is CCOc1ccc(C2CCCN2C(=O)/C=C/c2cccc3cccnc23)cc1. The molecule has 1 unspecified atom stereocenters. The van der Waals surface area contributed by atoms with E-state index in [0.29, 0.717) is 6.61 Å². The van der Waals surface area contributed by atoms with Crippen molar-refractivity contribution in [2.24, 2.45) is 0 Å². The molecule has 4 nitrogen and oxygen atoms in total. The van der Waals surface area contributed by atoms with Crippen molar-refractivity contribution in [1.82, 2.24) is 9.88 Å². The minimum atomic E-state index is 0.0457. The number of nitrogens with zero attached hydrogens (tertiary/aromatic N) is 2. The van der Waals surface area contributed by atoms with Crippen LogP contribution in [-0.2, 0) is 4.79 Å². The highest BCUT2D eigenvalue weighted by Crippen LogP contribution is 2.33. The molecule has 1 fully saturated rings. The first kappa shape index (κ1) is 18.2. The molecule has 1 atom stereocenters. The van der Waals surface area contributed by atoms with E-state index in [4.69, 9.17) is 4.74 Å². The van der Waals surface area contributed by atoms with E-state index < -0.39 is 0 Å². The zero-order valence-corrected chi connectivity index (χ0v) is 16.0. The van der Waals surface area contributed by atoms with Gasteiger partial charge in [0.1, 0.15) is 5.75 Å². The van der Waals surface area contributed by atoms with Crippen LogP contribution in [0, 0.1) is 0 Å². The summed E-state index contributed by atoms with van der Waals surface area (Å²) in [5, 5.41) is 1.07. The lowest BCUT2D eigenvalue weighted by Gasteiger charge is -2.24. The van der Waals surface area contributed by atoms with E-state index in [1.54, 1.807) is 12.3 Å². The van der Waals surface area contributed by atoms with Crippen LogP contribution in [0.1, 0.15) is 36.9 Å². The fourth-order valence-electron chi connectivity index (χ4n) is 3.85. The van der Waals surface area contributed by atoms with Gasteiger partial charge in [0.15, 0.2) is 0 Å². The zero-order valence-electron chi connectivity index (χ0n) is 16.0. The van der Waals surface area contributed by atoms with Crippen molar-refractivity contribution in [1.29, 1.82) is 0 Å². The Hall–Kier alpha value is -3.14. The molecule has 0 bridgehead atoms. The van der Waals surface area contributed by atoms with Gasteiger partial charge in [-0.15, -0.1) is 0 Å². The van der Waals surface area contributed by atoms with E-state index in [1.807, 2.05) is 60.4 Å². The maximum atomic E-state index is 12.9. The molecule has 0 spiro atoms. The zero-order chi connectivity index (χ0) is 19.3. The Kier molecular flexibility index (Phi) is 5.38. The minimum Gasteiger partial charge on any atom is -0.494 e. The van der Waals surface area contributed by atoms with Crippen molar-refractivity contribution in [3.8, 4) is 5.75 Å². The largest absolute Gasteiger partial charge is 0.494 e. The molecule has 1 aromatic heterocycles. The number of ether oxygens (including phenoxy) is 1. The summed E-state index contributed by atoms with van der Waals surface area (Å²) in [6, 6.07) is 18.2. The van der Waals surface area contributed by atoms with Gasteiger partial charge < -0.3 is 9.64 Å². The van der Waals surface area contributed by atoms with Crippen LogP contribution in [0.2, 0.25) is 0 Å². The van der Waals surface area contributed by atoms with E-state index in [-0.39, 0.29) is 11.9 Å². The lowest BCUT2D eigenvalue weighted by atomic mass is 10.0. The predicted octanol–water partition coefficient (Wildman–Crippen LogP) is 5.01. The van der Waals surface area contributed by atoms with Gasteiger partial charge in [-0.2, -0.15) is 0 Å². The second-order valence-corrected chi connectivity index (χ2v) is 6.95. The smallest absolute Gasteiger partial charge is 0.247 e. The summed E-state index contributed by atoms with van der Waals surface area (Å²) in [4.78, 5) is 19.3. The average molecular weight is 372 g/mol. The topological polar surface area (TPSA) is 42.4 Å². The molecule has 2 heterocycles. The number of hydrogen-bond acceptors (Lipinski definition) is 3. The van der Waals surface area contributed by atoms with Crippen LogP contribution in [-0.4, -0.2) is 28.9 Å². The molecule has 1 saturated heterocycles. The van der Waals surface area contributed by atoms with Crippen LogP contribution in [0.4, 0.5) is 0 Å². The van der Waals surface area contributed by atoms with Gasteiger partial charge >= 0.3 is 0 Å². The number of benzene rings is 2. The average Bonchev–Trinajstić information content (AvgIpc) is 3.23. The van der Waals surface area contributed by atoms with E-state index in [9.17, 15) is 4.79 Å². The highest BCUT2D eigenvalue weighted by molar-refractivity contribution is 5.95. The number of carbonyl (C=O) groups excluding carboxylic acids is 1. The number of rotatable bonds is 5. The Morgan fingerprint density at radius 3 is 2.82 bits per heavy atom. The number of carbonyl (C=O) groups is 1. The number of hydrogen-bond donors (Lipinski definition) is 0. The Labute approximate surface area is 165 Å². The van der Waals surface area contributed by atoms with E-state index >= 15 is 0 Å². The highest BCUT2D eigenvalue weighted by atomic mass is 16.5. The quantitative estimate of drug-likeness (QED) is 0.591. The van der Waals surface area contributed by atoms with Crippen molar-refractivity contribution in [2.75, 3.05) is 13.2 Å². The van der Waals surface area contributed by atoms with Crippen LogP contribution in [0.3, 0.4) is 0 Å². The lowest BCUT2D eigenvalue weighted by Crippen LogP contribution is -2.28. The molecular formula is C24H24N2O2. The Morgan fingerprint density at radius 1 is 1.18 bits per heavy atom. The fourth-order valence-corrected chi connectivity index (χ4v) is 3.85. The van der Waals surface area contributed by atoms with E-state index in [0.717, 1.165) is 47.2 Å². The van der Waals surface area contributed by atoms with Gasteiger partial charge in [0.05, 0.1) is 18.2 Å². The molecule has 3 aromatic rings. The van der Waals surface area contributed by atoms with Crippen LogP contribution in [0.25, 0.3) is 17.0 Å². The molecule has 0 N–H and O–H groups in total. The van der Waals surface area contributed by atoms with Crippen LogP contribution in [0.15, 0.2) is 66.9 Å². The number of fused-ring (bicyclic) bond motifs is 1. The number of likely N-dealkylation sites (tertiary alicyclic amines) is 1. The molecule has 0 radical (unpaired) electrons. The van der Waals surface area contributed by atoms with Gasteiger partial charge in [0, 0.05) is 29.8 Å². The summed E-state index contributed by atoms with van der Waals surface area (Å²) < 4.78 is 5.52. The Morgan fingerprint density at radius 2 is 2.00 bits per heavy atom. The van der Waals surface area contributed by atoms with Gasteiger partial charge in [-0.1, -0.05) is 36.4 Å². The summed E-state index contributed by atoms with van der Waals surface area (Å²) in [7, 11) is 0. The van der Waals surface area contributed by atoms with Crippen LogP contribution in [0.5, 0.6) is 5.75 Å². The van der Waals surface area contributed by atoms with Crippen molar-refractivity contribution in [3.63, 3.8) is 0 Å². The van der Waals surface area contributed by atoms with Crippen molar-refractivity contribution < 1.29 is 9.53 Å². The molecule has 0 saturated carbocycles. The van der Waals surface area contributed by atoms with E-state index in [2.05, 4.69) is 17.1 Å². The normalized spacial score (nSPS) is 16.8. The van der Waals surface area contributed by atoms with Gasteiger partial charge in [0.25, 0.3) is 0 Å². The van der Waals surface area contributed by atoms with Gasteiger partial charge in [-0.05, 0) is 49.6 Å². The molecule has 1 amide bonds. The molecule has 1 aliphatic rings. The summed E-state index contributed by atoms with van der Waals surface area (Å²) in [6.07, 6.45) is 7.35. The second-order valence-electron chi connectivity index (χ2n) is 6.95. The van der Waals surface area contributed by atoms with Crippen LogP contribution < -0.4 is 4.74 Å². The van der Waals surface area contributed by atoms with Crippen molar-refractivity contribution in [2.45, 2.75) is 25.8 Å². The summed E-state index contributed by atoms with van der Waals surface area (Å²) in [5.74, 6) is 0.912. The van der Waals surface area contributed by atoms with Crippen molar-refractivity contribution >= 4 is 22.9 Å². The number of para-hydroxylation sites is 1. The summed E-state index contributed by atoms with van der Waals surface area (Å²) in [6.45, 7) is 3.42. The molecule has 28 heavy (non-hydrogen) atoms. The molecule has 4 rings (SSSR count). The molecule has 4 heteroatoms. The lowest BCUT2D eigenvalue weighted by molar-refractivity contribution is -0.126.